The van der Waals surface area contributed by atoms with Crippen molar-refractivity contribution in [1.82, 2.24) is 4.31 Å². The van der Waals surface area contributed by atoms with Gasteiger partial charge in [0.2, 0.25) is 10.0 Å². The number of ether oxygens (including phenoxy) is 3. The molecule has 0 amide bonds. The van der Waals surface area contributed by atoms with Crippen molar-refractivity contribution in [3.63, 3.8) is 0 Å². The smallest absolute Gasteiger partial charge is 0.338 e. The molecule has 1 aliphatic rings. The largest absolute Gasteiger partial charge is 0.467 e. The van der Waals surface area contributed by atoms with E-state index >= 15 is 0 Å². The normalized spacial score (nSPS) is 13.8. The summed E-state index contributed by atoms with van der Waals surface area (Å²) in [6, 6.07) is 9.09. The summed E-state index contributed by atoms with van der Waals surface area (Å²) < 4.78 is 41.5. The first kappa shape index (κ1) is 19.6. The molecule has 0 bridgehead atoms. The molecule has 0 aromatic heterocycles. The fourth-order valence-electron chi connectivity index (χ4n) is 2.58. The van der Waals surface area contributed by atoms with Crippen LogP contribution in [0.2, 0.25) is 5.02 Å². The predicted octanol–water partition coefficient (Wildman–Crippen LogP) is 2.81. The zero-order valence-corrected chi connectivity index (χ0v) is 16.3. The van der Waals surface area contributed by atoms with Crippen molar-refractivity contribution in [3.8, 4) is 5.75 Å². The van der Waals surface area contributed by atoms with Gasteiger partial charge in [-0.3, -0.25) is 0 Å². The number of sulfonamides is 1. The van der Waals surface area contributed by atoms with E-state index in [1.165, 1.54) is 38.4 Å². The third-order valence-electron chi connectivity index (χ3n) is 3.96. The van der Waals surface area contributed by atoms with Crippen LogP contribution in [0.1, 0.15) is 21.5 Å². The number of hydrogen-bond donors (Lipinski definition) is 0. The zero-order valence-electron chi connectivity index (χ0n) is 14.8. The third kappa shape index (κ3) is 4.24. The van der Waals surface area contributed by atoms with Crippen molar-refractivity contribution in [3.05, 3.63) is 58.1 Å². The number of halogens is 1. The van der Waals surface area contributed by atoms with Crippen molar-refractivity contribution >= 4 is 27.6 Å². The minimum Gasteiger partial charge on any atom is -0.467 e. The summed E-state index contributed by atoms with van der Waals surface area (Å²) in [6.45, 7) is 0.410. The Hall–Kier alpha value is -2.13. The molecule has 2 aromatic carbocycles. The number of carbonyl (C=O) groups is 1. The maximum atomic E-state index is 12.4. The monoisotopic (exact) mass is 411 g/mol. The number of benzene rings is 2. The molecule has 0 N–H and O–H groups in total. The SMILES string of the molecule is CN(C)S(=O)(=O)c1cccc(C(=O)OCc2cc(Cl)cc3c2OCOC3)c1. The minimum atomic E-state index is -3.64. The second kappa shape index (κ2) is 7.85. The fraction of sp³-hybridized carbons (Fsp3) is 0.278. The van der Waals surface area contributed by atoms with E-state index in [1.54, 1.807) is 12.1 Å². The van der Waals surface area contributed by atoms with Gasteiger partial charge in [0.15, 0.2) is 6.79 Å². The molecule has 3 rings (SSSR count). The Balaban J connectivity index is 1.79. The number of esters is 1. The topological polar surface area (TPSA) is 82.1 Å². The highest BCUT2D eigenvalue weighted by molar-refractivity contribution is 7.89. The van der Waals surface area contributed by atoms with Crippen LogP contribution >= 0.6 is 11.6 Å². The second-order valence-electron chi connectivity index (χ2n) is 6.06. The maximum Gasteiger partial charge on any atom is 0.338 e. The van der Waals surface area contributed by atoms with Crippen LogP contribution in [0, 0.1) is 0 Å². The van der Waals surface area contributed by atoms with Crippen LogP contribution < -0.4 is 4.74 Å². The van der Waals surface area contributed by atoms with E-state index in [-0.39, 0.29) is 23.9 Å². The van der Waals surface area contributed by atoms with Crippen molar-refractivity contribution in [2.24, 2.45) is 0 Å². The second-order valence-corrected chi connectivity index (χ2v) is 8.64. The van der Waals surface area contributed by atoms with Crippen LogP contribution in [0.3, 0.4) is 0 Å². The molecule has 0 aliphatic carbocycles. The highest BCUT2D eigenvalue weighted by Gasteiger charge is 2.21. The molecule has 9 heteroatoms. The molecule has 0 radical (unpaired) electrons. The Morgan fingerprint density at radius 3 is 2.78 bits per heavy atom. The summed E-state index contributed by atoms with van der Waals surface area (Å²) in [6.07, 6.45) is 0. The van der Waals surface area contributed by atoms with Crippen LogP contribution in [-0.2, 0) is 32.7 Å². The first-order valence-electron chi connectivity index (χ1n) is 8.00. The number of fused-ring (bicyclic) bond motifs is 1. The first-order valence-corrected chi connectivity index (χ1v) is 9.82. The van der Waals surface area contributed by atoms with Gasteiger partial charge >= 0.3 is 5.97 Å². The van der Waals surface area contributed by atoms with Gasteiger partial charge in [-0.2, -0.15) is 0 Å². The Labute approximate surface area is 162 Å². The van der Waals surface area contributed by atoms with Crippen LogP contribution in [0.25, 0.3) is 0 Å². The number of rotatable bonds is 5. The van der Waals surface area contributed by atoms with E-state index in [0.717, 1.165) is 9.87 Å². The minimum absolute atomic E-state index is 0.0163. The van der Waals surface area contributed by atoms with Crippen molar-refractivity contribution in [1.29, 1.82) is 0 Å². The van der Waals surface area contributed by atoms with Gasteiger partial charge in [0.1, 0.15) is 12.4 Å². The van der Waals surface area contributed by atoms with Crippen LogP contribution in [-0.4, -0.2) is 39.6 Å². The van der Waals surface area contributed by atoms with Crippen LogP contribution in [0.15, 0.2) is 41.3 Å². The molecule has 0 saturated heterocycles. The van der Waals surface area contributed by atoms with Crippen molar-refractivity contribution < 1.29 is 27.4 Å². The molecule has 0 fully saturated rings. The highest BCUT2D eigenvalue weighted by atomic mass is 35.5. The van der Waals surface area contributed by atoms with Gasteiger partial charge in [0, 0.05) is 30.2 Å². The lowest BCUT2D eigenvalue weighted by molar-refractivity contribution is -0.0180. The van der Waals surface area contributed by atoms with Gasteiger partial charge in [0.05, 0.1) is 17.1 Å². The summed E-state index contributed by atoms with van der Waals surface area (Å²) in [4.78, 5) is 12.4. The quantitative estimate of drug-likeness (QED) is 0.703. The molecular formula is C18H18ClNO6S. The van der Waals surface area contributed by atoms with E-state index in [4.69, 9.17) is 25.8 Å². The summed E-state index contributed by atoms with van der Waals surface area (Å²) in [7, 11) is -0.798. The Bertz CT molecular complexity index is 974. The van der Waals surface area contributed by atoms with E-state index < -0.39 is 16.0 Å². The van der Waals surface area contributed by atoms with Crippen LogP contribution in [0.4, 0.5) is 0 Å². The standard InChI is InChI=1S/C18H18ClNO6S/c1-20(2)27(22,23)16-5-3-4-12(8-16)18(21)25-10-14-7-15(19)6-13-9-24-11-26-17(13)14/h3-8H,9-11H2,1-2H3. The van der Waals surface area contributed by atoms with E-state index in [0.29, 0.717) is 22.9 Å². The Morgan fingerprint density at radius 1 is 1.26 bits per heavy atom. The molecule has 0 saturated carbocycles. The number of hydrogen-bond acceptors (Lipinski definition) is 6. The zero-order chi connectivity index (χ0) is 19.6. The molecule has 7 nitrogen and oxygen atoms in total. The van der Waals surface area contributed by atoms with E-state index in [1.807, 2.05) is 0 Å². The average molecular weight is 412 g/mol. The highest BCUT2D eigenvalue weighted by Crippen LogP contribution is 2.32. The van der Waals surface area contributed by atoms with Gasteiger partial charge in [-0.15, -0.1) is 0 Å². The van der Waals surface area contributed by atoms with Gasteiger partial charge in [-0.1, -0.05) is 17.7 Å². The lowest BCUT2D eigenvalue weighted by Gasteiger charge is -2.21. The van der Waals surface area contributed by atoms with Gasteiger partial charge in [0.25, 0.3) is 0 Å². The molecule has 0 atom stereocenters. The first-order chi connectivity index (χ1) is 12.8. The molecule has 0 unspecified atom stereocenters. The van der Waals surface area contributed by atoms with Crippen LogP contribution in [0.5, 0.6) is 5.75 Å². The molecule has 1 aliphatic heterocycles. The molecule has 2 aromatic rings. The predicted molar refractivity (Wildman–Crippen MR) is 98.2 cm³/mol. The average Bonchev–Trinajstić information content (AvgIpc) is 2.65. The summed E-state index contributed by atoms with van der Waals surface area (Å²) in [5.41, 5.74) is 1.53. The van der Waals surface area contributed by atoms with Crippen molar-refractivity contribution in [2.75, 3.05) is 20.9 Å². The Morgan fingerprint density at radius 2 is 2.04 bits per heavy atom. The molecule has 144 valence electrons. The lowest BCUT2D eigenvalue weighted by atomic mass is 10.1. The Kier molecular flexibility index (Phi) is 5.71. The summed E-state index contributed by atoms with van der Waals surface area (Å²) in [5, 5.41) is 0.480. The maximum absolute atomic E-state index is 12.4. The number of nitrogens with zero attached hydrogens (tertiary/aromatic N) is 1. The van der Waals surface area contributed by atoms with Crippen molar-refractivity contribution in [2.45, 2.75) is 18.1 Å². The molecular weight excluding hydrogens is 394 g/mol. The van der Waals surface area contributed by atoms with E-state index in [9.17, 15) is 13.2 Å². The molecule has 1 heterocycles. The fourth-order valence-corrected chi connectivity index (χ4v) is 3.80. The lowest BCUT2D eigenvalue weighted by Crippen LogP contribution is -2.22. The van der Waals surface area contributed by atoms with E-state index in [2.05, 4.69) is 0 Å². The summed E-state index contributed by atoms with van der Waals surface area (Å²) >= 11 is 6.09. The molecule has 0 spiro atoms. The summed E-state index contributed by atoms with van der Waals surface area (Å²) in [5.74, 6) is -0.0611. The van der Waals surface area contributed by atoms with Gasteiger partial charge in [-0.05, 0) is 30.3 Å². The molecule has 27 heavy (non-hydrogen) atoms. The third-order valence-corrected chi connectivity index (χ3v) is 5.99. The number of carbonyl (C=O) groups excluding carboxylic acids is 1. The van der Waals surface area contributed by atoms with Gasteiger partial charge in [-0.25, -0.2) is 17.5 Å². The van der Waals surface area contributed by atoms with Gasteiger partial charge < -0.3 is 14.2 Å².